The van der Waals surface area contributed by atoms with E-state index in [1.165, 1.54) is 23.9 Å². The number of nitrogens with one attached hydrogen (secondary N) is 2. The van der Waals surface area contributed by atoms with Crippen molar-refractivity contribution in [1.29, 1.82) is 0 Å². The van der Waals surface area contributed by atoms with Gasteiger partial charge < -0.3 is 10.3 Å². The number of halogens is 3. The molecule has 4 heterocycles. The van der Waals surface area contributed by atoms with Crippen molar-refractivity contribution in [3.8, 4) is 11.1 Å². The molecule has 9 heteroatoms. The zero-order valence-corrected chi connectivity index (χ0v) is 18.2. The molecule has 1 aliphatic rings. The second-order valence-corrected chi connectivity index (χ2v) is 9.08. The van der Waals surface area contributed by atoms with Crippen LogP contribution in [0.15, 0.2) is 52.8 Å². The number of hydrogen-bond acceptors (Lipinski definition) is 4. The number of piperidine rings is 1. The summed E-state index contributed by atoms with van der Waals surface area (Å²) in [6.07, 6.45) is 9.78. The van der Waals surface area contributed by atoms with Crippen molar-refractivity contribution in [3.05, 3.63) is 58.8 Å². The van der Waals surface area contributed by atoms with Gasteiger partial charge in [0.25, 0.3) is 0 Å². The third kappa shape index (κ3) is 3.71. The molecule has 3 aromatic heterocycles. The van der Waals surface area contributed by atoms with Crippen LogP contribution in [0.3, 0.4) is 0 Å². The summed E-state index contributed by atoms with van der Waals surface area (Å²) in [5.41, 5.74) is 2.73. The summed E-state index contributed by atoms with van der Waals surface area (Å²) in [4.78, 5) is 9.07. The van der Waals surface area contributed by atoms with E-state index in [9.17, 15) is 4.39 Å². The molecule has 1 aromatic carbocycles. The number of benzene rings is 1. The average Bonchev–Trinajstić information content (AvgIpc) is 3.42. The summed E-state index contributed by atoms with van der Waals surface area (Å²) in [5, 5.41) is 9.31. The molecule has 0 bridgehead atoms. The van der Waals surface area contributed by atoms with Crippen LogP contribution in [0.4, 0.5) is 4.39 Å². The summed E-state index contributed by atoms with van der Waals surface area (Å²) in [7, 11) is 0. The Hall–Kier alpha value is -2.06. The Kier molecular flexibility index (Phi) is 5.45. The number of hydrogen-bond donors (Lipinski definition) is 2. The Morgan fingerprint density at radius 1 is 1.13 bits per heavy atom. The standard InChI is InChI=1S/C21H18Cl2FN5S/c22-16-1-2-17(24)19(23)20(16)30-18-10-27-21-15(18)7-12(8-26-21)13-9-28-29(11-13)14-3-5-25-6-4-14/h1-2,7-11,14,25H,3-6H2,(H,26,27). The zero-order chi connectivity index (χ0) is 20.7. The minimum atomic E-state index is -0.493. The van der Waals surface area contributed by atoms with Gasteiger partial charge in [-0.1, -0.05) is 35.0 Å². The monoisotopic (exact) mass is 461 g/mol. The highest BCUT2D eigenvalue weighted by Gasteiger charge is 2.18. The molecule has 1 saturated heterocycles. The van der Waals surface area contributed by atoms with Crippen molar-refractivity contribution in [2.45, 2.75) is 28.7 Å². The van der Waals surface area contributed by atoms with Gasteiger partial charge in [0, 0.05) is 40.0 Å². The van der Waals surface area contributed by atoms with E-state index in [2.05, 4.69) is 37.3 Å². The van der Waals surface area contributed by atoms with Gasteiger partial charge in [-0.2, -0.15) is 5.10 Å². The van der Waals surface area contributed by atoms with Gasteiger partial charge >= 0.3 is 0 Å². The van der Waals surface area contributed by atoms with E-state index >= 15 is 0 Å². The van der Waals surface area contributed by atoms with E-state index in [4.69, 9.17) is 23.2 Å². The highest BCUT2D eigenvalue weighted by Crippen LogP contribution is 2.42. The lowest BCUT2D eigenvalue weighted by molar-refractivity contribution is 0.343. The minimum Gasteiger partial charge on any atom is -0.345 e. The van der Waals surface area contributed by atoms with Gasteiger partial charge in [-0.25, -0.2) is 9.37 Å². The molecule has 0 amide bonds. The molecule has 0 saturated carbocycles. The first-order valence-corrected chi connectivity index (χ1v) is 11.2. The summed E-state index contributed by atoms with van der Waals surface area (Å²) in [6.45, 7) is 2.03. The summed E-state index contributed by atoms with van der Waals surface area (Å²) < 4.78 is 16.0. The van der Waals surface area contributed by atoms with Gasteiger partial charge in [0.15, 0.2) is 0 Å². The second kappa shape index (κ2) is 8.23. The van der Waals surface area contributed by atoms with Gasteiger partial charge in [0.05, 0.1) is 27.2 Å². The molecule has 5 nitrogen and oxygen atoms in total. The smallest absolute Gasteiger partial charge is 0.143 e. The van der Waals surface area contributed by atoms with Gasteiger partial charge in [-0.05, 0) is 44.1 Å². The molecule has 4 aromatic rings. The number of aromatic amines is 1. The van der Waals surface area contributed by atoms with Crippen LogP contribution >= 0.6 is 35.0 Å². The van der Waals surface area contributed by atoms with E-state index in [0.717, 1.165) is 53.0 Å². The van der Waals surface area contributed by atoms with Crippen LogP contribution in [0, 0.1) is 5.82 Å². The van der Waals surface area contributed by atoms with E-state index in [0.29, 0.717) is 16.0 Å². The van der Waals surface area contributed by atoms with Crippen LogP contribution in [-0.2, 0) is 0 Å². The molecule has 1 aliphatic heterocycles. The number of H-pyrrole nitrogens is 1. The molecule has 0 radical (unpaired) electrons. The van der Waals surface area contributed by atoms with Gasteiger partial charge in [-0.15, -0.1) is 0 Å². The first-order valence-electron chi connectivity index (χ1n) is 9.64. The number of nitrogens with zero attached hydrogens (tertiary/aromatic N) is 3. The third-order valence-electron chi connectivity index (χ3n) is 5.32. The topological polar surface area (TPSA) is 58.5 Å². The Morgan fingerprint density at radius 3 is 2.80 bits per heavy atom. The molecule has 2 N–H and O–H groups in total. The highest BCUT2D eigenvalue weighted by molar-refractivity contribution is 7.99. The maximum Gasteiger partial charge on any atom is 0.143 e. The zero-order valence-electron chi connectivity index (χ0n) is 15.8. The molecule has 154 valence electrons. The number of rotatable bonds is 4. The van der Waals surface area contributed by atoms with E-state index in [1.807, 2.05) is 18.6 Å². The third-order valence-corrected chi connectivity index (χ3v) is 7.42. The fourth-order valence-corrected chi connectivity index (χ4v) is 5.25. The second-order valence-electron chi connectivity index (χ2n) is 7.24. The van der Waals surface area contributed by atoms with Crippen molar-refractivity contribution in [2.75, 3.05) is 13.1 Å². The maximum absolute atomic E-state index is 13.9. The summed E-state index contributed by atoms with van der Waals surface area (Å²) in [5.74, 6) is -0.493. The lowest BCUT2D eigenvalue weighted by atomic mass is 10.1. The van der Waals surface area contributed by atoms with Crippen LogP contribution < -0.4 is 5.32 Å². The fraction of sp³-hybridized carbons (Fsp3) is 0.238. The van der Waals surface area contributed by atoms with Crippen LogP contribution in [0.5, 0.6) is 0 Å². The van der Waals surface area contributed by atoms with E-state index < -0.39 is 5.82 Å². The Labute approximate surface area is 187 Å². The Morgan fingerprint density at radius 2 is 1.97 bits per heavy atom. The van der Waals surface area contributed by atoms with Crippen LogP contribution in [-0.4, -0.2) is 32.8 Å². The molecule has 0 spiro atoms. The predicted molar refractivity (Wildman–Crippen MR) is 119 cm³/mol. The van der Waals surface area contributed by atoms with Crippen LogP contribution in [0.25, 0.3) is 22.2 Å². The van der Waals surface area contributed by atoms with Crippen molar-refractivity contribution < 1.29 is 4.39 Å². The quantitative estimate of drug-likeness (QED) is 0.368. The predicted octanol–water partition coefficient (Wildman–Crippen LogP) is 5.95. The van der Waals surface area contributed by atoms with Gasteiger partial charge in [-0.3, -0.25) is 4.68 Å². The normalized spacial score (nSPS) is 15.2. The van der Waals surface area contributed by atoms with Crippen LogP contribution in [0.1, 0.15) is 18.9 Å². The van der Waals surface area contributed by atoms with E-state index in [1.54, 1.807) is 0 Å². The first kappa shape index (κ1) is 19.9. The molecule has 0 aliphatic carbocycles. The lowest BCUT2D eigenvalue weighted by Gasteiger charge is -2.22. The van der Waals surface area contributed by atoms with Crippen molar-refractivity contribution >= 4 is 46.0 Å². The van der Waals surface area contributed by atoms with Gasteiger partial charge in [0.1, 0.15) is 11.5 Å². The average molecular weight is 462 g/mol. The summed E-state index contributed by atoms with van der Waals surface area (Å²) in [6, 6.07) is 5.27. The molecule has 30 heavy (non-hydrogen) atoms. The highest BCUT2D eigenvalue weighted by atomic mass is 35.5. The van der Waals surface area contributed by atoms with Crippen LogP contribution in [0.2, 0.25) is 10.0 Å². The maximum atomic E-state index is 13.9. The number of fused-ring (bicyclic) bond motifs is 1. The Balaban J connectivity index is 1.48. The molecule has 0 atom stereocenters. The molecule has 0 unspecified atom stereocenters. The first-order chi connectivity index (χ1) is 14.6. The molecular weight excluding hydrogens is 444 g/mol. The largest absolute Gasteiger partial charge is 0.345 e. The fourth-order valence-electron chi connectivity index (χ4n) is 3.69. The van der Waals surface area contributed by atoms with Crippen molar-refractivity contribution in [2.24, 2.45) is 0 Å². The number of aromatic nitrogens is 4. The minimum absolute atomic E-state index is 0.0224. The molecule has 1 fully saturated rings. The summed E-state index contributed by atoms with van der Waals surface area (Å²) >= 11 is 13.7. The lowest BCUT2D eigenvalue weighted by Crippen LogP contribution is -2.29. The SMILES string of the molecule is Fc1ccc(Cl)c(Sc2c[nH]c3ncc(-c4cnn(C5CCNCC5)c4)cc23)c1Cl. The van der Waals surface area contributed by atoms with Crippen molar-refractivity contribution in [3.63, 3.8) is 0 Å². The number of pyridine rings is 1. The van der Waals surface area contributed by atoms with Gasteiger partial charge in [0.2, 0.25) is 0 Å². The van der Waals surface area contributed by atoms with E-state index in [-0.39, 0.29) is 5.02 Å². The Bertz CT molecular complexity index is 1220. The van der Waals surface area contributed by atoms with Crippen molar-refractivity contribution in [1.82, 2.24) is 25.1 Å². The molecule has 5 rings (SSSR count). The molecular formula is C21H18Cl2FN5S.